The topological polar surface area (TPSA) is 47.4 Å². The number of aryl methyl sites for hydroxylation is 1. The molecule has 3 aromatic rings. The van der Waals surface area contributed by atoms with Gasteiger partial charge in [0.15, 0.2) is 0 Å². The van der Waals surface area contributed by atoms with Crippen LogP contribution in [0.15, 0.2) is 42.7 Å². The minimum absolute atomic E-state index is 0.0163. The third kappa shape index (κ3) is 4.07. The summed E-state index contributed by atoms with van der Waals surface area (Å²) in [4.78, 5) is 18.0. The zero-order chi connectivity index (χ0) is 19.6. The second-order valence-electron chi connectivity index (χ2n) is 6.53. The quantitative estimate of drug-likeness (QED) is 0.663. The van der Waals surface area contributed by atoms with Gasteiger partial charge < -0.3 is 14.2 Å². The summed E-state index contributed by atoms with van der Waals surface area (Å²) in [5, 5.41) is 0.885. The highest BCUT2D eigenvalue weighted by Crippen LogP contribution is 2.28. The van der Waals surface area contributed by atoms with E-state index in [1.54, 1.807) is 26.4 Å². The maximum Gasteiger partial charge on any atom is 0.387 e. The third-order valence-electron chi connectivity index (χ3n) is 4.51. The van der Waals surface area contributed by atoms with Crippen LogP contribution in [0.5, 0.6) is 5.75 Å². The van der Waals surface area contributed by atoms with Crippen LogP contribution in [0, 0.1) is 6.92 Å². The number of hydrogen-bond donors (Lipinski definition) is 0. The third-order valence-corrected chi connectivity index (χ3v) is 4.51. The highest BCUT2D eigenvalue weighted by Gasteiger charge is 2.16. The van der Waals surface area contributed by atoms with Crippen LogP contribution in [0.25, 0.3) is 10.9 Å². The van der Waals surface area contributed by atoms with Gasteiger partial charge in [-0.05, 0) is 30.7 Å². The molecule has 0 saturated heterocycles. The van der Waals surface area contributed by atoms with E-state index in [2.05, 4.69) is 9.72 Å². The Morgan fingerprint density at radius 1 is 1.26 bits per heavy atom. The maximum atomic E-state index is 12.7. The van der Waals surface area contributed by atoms with Crippen LogP contribution in [0.4, 0.5) is 8.78 Å². The molecule has 1 amide bonds. The summed E-state index contributed by atoms with van der Waals surface area (Å²) >= 11 is 0. The fourth-order valence-electron chi connectivity index (χ4n) is 3.02. The van der Waals surface area contributed by atoms with E-state index in [-0.39, 0.29) is 18.2 Å². The molecule has 0 unspecified atom stereocenters. The number of fused-ring (bicyclic) bond motifs is 1. The zero-order valence-electron chi connectivity index (χ0n) is 15.4. The minimum atomic E-state index is -2.88. The van der Waals surface area contributed by atoms with Gasteiger partial charge in [-0.1, -0.05) is 12.1 Å². The van der Waals surface area contributed by atoms with Crippen molar-refractivity contribution in [3.05, 3.63) is 59.5 Å². The Balaban J connectivity index is 1.98. The summed E-state index contributed by atoms with van der Waals surface area (Å²) in [6.45, 7) is -0.800. The Morgan fingerprint density at radius 2 is 2.04 bits per heavy atom. The molecule has 3 rings (SSSR count). The van der Waals surface area contributed by atoms with E-state index in [0.717, 1.165) is 22.2 Å². The van der Waals surface area contributed by atoms with Gasteiger partial charge in [0, 0.05) is 43.9 Å². The number of halogens is 2. The molecule has 5 nitrogen and oxygen atoms in total. The van der Waals surface area contributed by atoms with Gasteiger partial charge in [0.25, 0.3) is 0 Å². The van der Waals surface area contributed by atoms with Gasteiger partial charge in [-0.15, -0.1) is 0 Å². The Labute approximate surface area is 156 Å². The number of aromatic nitrogens is 2. The molecular formula is C20H21F2N3O2. The number of carbonyl (C=O) groups excluding carboxylic acids is 1. The van der Waals surface area contributed by atoms with E-state index in [9.17, 15) is 13.6 Å². The first-order valence-corrected chi connectivity index (χ1v) is 8.53. The number of ether oxygens (including phenoxy) is 1. The van der Waals surface area contributed by atoms with Crippen LogP contribution in [0.1, 0.15) is 16.8 Å². The van der Waals surface area contributed by atoms with E-state index >= 15 is 0 Å². The molecule has 0 aliphatic rings. The Kier molecular flexibility index (Phi) is 5.39. The summed E-state index contributed by atoms with van der Waals surface area (Å²) in [6.07, 6.45) is 3.86. The average molecular weight is 373 g/mol. The average Bonchev–Trinajstić information content (AvgIpc) is 3.01. The first kappa shape index (κ1) is 18.8. The van der Waals surface area contributed by atoms with E-state index in [1.807, 2.05) is 35.9 Å². The molecule has 0 bridgehead atoms. The van der Waals surface area contributed by atoms with E-state index < -0.39 is 6.61 Å². The van der Waals surface area contributed by atoms with Gasteiger partial charge in [0.2, 0.25) is 5.91 Å². The highest BCUT2D eigenvalue weighted by atomic mass is 19.3. The van der Waals surface area contributed by atoms with Crippen molar-refractivity contribution in [2.75, 3.05) is 14.1 Å². The van der Waals surface area contributed by atoms with Gasteiger partial charge in [0.05, 0.1) is 11.2 Å². The fraction of sp³-hybridized carbons (Fsp3) is 0.300. The Hall–Kier alpha value is -2.96. The van der Waals surface area contributed by atoms with Crippen molar-refractivity contribution in [3.8, 4) is 5.75 Å². The van der Waals surface area contributed by atoms with Crippen molar-refractivity contribution < 1.29 is 18.3 Å². The first-order chi connectivity index (χ1) is 12.9. The largest absolute Gasteiger partial charge is 0.435 e. The normalized spacial score (nSPS) is 11.2. The lowest BCUT2D eigenvalue weighted by Gasteiger charge is -2.14. The molecule has 7 heteroatoms. The maximum absolute atomic E-state index is 12.7. The lowest BCUT2D eigenvalue weighted by molar-refractivity contribution is -0.129. The summed E-state index contributed by atoms with van der Waals surface area (Å²) in [6, 6.07) is 8.82. The number of benzene rings is 1. The monoisotopic (exact) mass is 373 g/mol. The number of likely N-dealkylation sites (N-methyl/N-ethyl adjacent to an activating group) is 1. The van der Waals surface area contributed by atoms with Crippen LogP contribution in [-0.4, -0.2) is 41.1 Å². The standard InChI is InChI=1S/C20H21F2N3O2/c1-13-5-4-6-18(27-20(21)22)15(13)11-16-14-8-10-25(12-19(26)24(2)3)17(14)7-9-23-16/h4-10,20H,11-12H2,1-3H3. The molecular weight excluding hydrogens is 352 g/mol. The molecule has 0 aliphatic carbocycles. The number of pyridine rings is 1. The van der Waals surface area contributed by atoms with Crippen LogP contribution < -0.4 is 4.74 Å². The molecule has 0 fully saturated rings. The zero-order valence-corrected chi connectivity index (χ0v) is 15.4. The second-order valence-corrected chi connectivity index (χ2v) is 6.53. The van der Waals surface area contributed by atoms with Crippen molar-refractivity contribution in [2.45, 2.75) is 26.5 Å². The summed E-state index contributed by atoms with van der Waals surface area (Å²) < 4.78 is 32.0. The van der Waals surface area contributed by atoms with Crippen molar-refractivity contribution in [1.82, 2.24) is 14.5 Å². The summed E-state index contributed by atoms with van der Waals surface area (Å²) in [7, 11) is 3.42. The molecule has 27 heavy (non-hydrogen) atoms. The van der Waals surface area contributed by atoms with Gasteiger partial charge in [-0.2, -0.15) is 8.78 Å². The molecule has 0 spiro atoms. The van der Waals surface area contributed by atoms with Crippen molar-refractivity contribution in [1.29, 1.82) is 0 Å². The molecule has 0 atom stereocenters. The molecule has 0 aliphatic heterocycles. The molecule has 0 N–H and O–H groups in total. The van der Waals surface area contributed by atoms with E-state index in [1.165, 1.54) is 11.0 Å². The molecule has 2 heterocycles. The number of amides is 1. The smallest absolute Gasteiger partial charge is 0.387 e. The minimum Gasteiger partial charge on any atom is -0.435 e. The summed E-state index contributed by atoms with van der Waals surface area (Å²) in [5.74, 6) is 0.142. The fourth-order valence-corrected chi connectivity index (χ4v) is 3.02. The van der Waals surface area contributed by atoms with Gasteiger partial charge >= 0.3 is 6.61 Å². The van der Waals surface area contributed by atoms with Crippen molar-refractivity contribution in [2.24, 2.45) is 0 Å². The van der Waals surface area contributed by atoms with Gasteiger partial charge in [-0.3, -0.25) is 9.78 Å². The van der Waals surface area contributed by atoms with Gasteiger partial charge in [-0.25, -0.2) is 0 Å². The second kappa shape index (κ2) is 7.73. The number of alkyl halides is 2. The predicted octanol–water partition coefficient (Wildman–Crippen LogP) is 3.63. The van der Waals surface area contributed by atoms with Crippen molar-refractivity contribution in [3.63, 3.8) is 0 Å². The lowest BCUT2D eigenvalue weighted by Crippen LogP contribution is -2.25. The first-order valence-electron chi connectivity index (χ1n) is 8.53. The number of hydrogen-bond acceptors (Lipinski definition) is 3. The number of carbonyl (C=O) groups is 1. The van der Waals surface area contributed by atoms with Crippen LogP contribution in [0.3, 0.4) is 0 Å². The lowest BCUT2D eigenvalue weighted by atomic mass is 10.0. The van der Waals surface area contributed by atoms with Crippen LogP contribution in [-0.2, 0) is 17.8 Å². The number of rotatable bonds is 6. The molecule has 0 radical (unpaired) electrons. The SMILES string of the molecule is Cc1cccc(OC(F)F)c1Cc1nccc2c1ccn2CC(=O)N(C)C. The van der Waals surface area contributed by atoms with Crippen LogP contribution >= 0.6 is 0 Å². The molecule has 1 aromatic carbocycles. The molecule has 142 valence electrons. The van der Waals surface area contributed by atoms with E-state index in [4.69, 9.17) is 0 Å². The van der Waals surface area contributed by atoms with E-state index in [0.29, 0.717) is 12.0 Å². The van der Waals surface area contributed by atoms with Crippen LogP contribution in [0.2, 0.25) is 0 Å². The number of nitrogens with zero attached hydrogens (tertiary/aromatic N) is 3. The summed E-state index contributed by atoms with van der Waals surface area (Å²) in [5.41, 5.74) is 3.15. The van der Waals surface area contributed by atoms with Crippen molar-refractivity contribution >= 4 is 16.8 Å². The Bertz CT molecular complexity index is 967. The highest BCUT2D eigenvalue weighted by molar-refractivity contribution is 5.85. The molecule has 2 aromatic heterocycles. The predicted molar refractivity (Wildman–Crippen MR) is 99.0 cm³/mol. The van der Waals surface area contributed by atoms with Gasteiger partial charge in [0.1, 0.15) is 12.3 Å². The molecule has 0 saturated carbocycles. The Morgan fingerprint density at radius 3 is 2.74 bits per heavy atom.